The second-order valence-electron chi connectivity index (χ2n) is 3.49. The number of aryl methyl sites for hydroxylation is 1. The highest BCUT2D eigenvalue weighted by atomic mass is 79.9. The van der Waals surface area contributed by atoms with Crippen LogP contribution in [0.4, 0.5) is 5.69 Å². The van der Waals surface area contributed by atoms with Crippen LogP contribution >= 0.6 is 28.3 Å². The van der Waals surface area contributed by atoms with Crippen molar-refractivity contribution < 1.29 is 9.59 Å². The van der Waals surface area contributed by atoms with E-state index in [0.29, 0.717) is 5.69 Å². The van der Waals surface area contributed by atoms with Crippen LogP contribution < -0.4 is 16.4 Å². The predicted octanol–water partition coefficient (Wildman–Crippen LogP) is 1.19. The molecule has 0 aliphatic carbocycles. The normalized spacial score (nSPS) is 9.28. The molecule has 1 rings (SSSR count). The highest BCUT2D eigenvalue weighted by Gasteiger charge is 2.05. The molecule has 0 aliphatic rings. The number of nitrogens with two attached hydrogens (primary N) is 1. The molecule has 0 saturated carbocycles. The molecule has 1 aromatic carbocycles. The number of amides is 2. The van der Waals surface area contributed by atoms with Crippen LogP contribution in [0, 0.1) is 6.92 Å². The van der Waals surface area contributed by atoms with Crippen molar-refractivity contribution in [1.29, 1.82) is 0 Å². The number of carbonyl (C=O) groups excluding carboxylic acids is 2. The summed E-state index contributed by atoms with van der Waals surface area (Å²) < 4.78 is 0.979. The Morgan fingerprint density at radius 2 is 2.00 bits per heavy atom. The number of benzene rings is 1. The molecule has 4 N–H and O–H groups in total. The van der Waals surface area contributed by atoms with Gasteiger partial charge < -0.3 is 16.4 Å². The molecule has 0 radical (unpaired) electrons. The quantitative estimate of drug-likeness (QED) is 0.772. The monoisotopic (exact) mass is 335 g/mol. The van der Waals surface area contributed by atoms with E-state index < -0.39 is 0 Å². The number of anilines is 1. The lowest BCUT2D eigenvalue weighted by atomic mass is 10.2. The zero-order valence-electron chi connectivity index (χ0n) is 9.83. The molecular formula is C11H15BrClN3O2. The van der Waals surface area contributed by atoms with E-state index in [2.05, 4.69) is 26.6 Å². The van der Waals surface area contributed by atoms with Crippen molar-refractivity contribution in [2.75, 3.05) is 18.4 Å². The summed E-state index contributed by atoms with van der Waals surface area (Å²) >= 11 is 3.37. The molecule has 0 fully saturated rings. The van der Waals surface area contributed by atoms with E-state index in [4.69, 9.17) is 5.73 Å². The first-order valence-electron chi connectivity index (χ1n) is 5.05. The van der Waals surface area contributed by atoms with E-state index >= 15 is 0 Å². The molecule has 5 nitrogen and oxygen atoms in total. The number of halogens is 2. The first-order valence-corrected chi connectivity index (χ1v) is 5.85. The Balaban J connectivity index is 0.00000289. The molecule has 0 unspecified atom stereocenters. The summed E-state index contributed by atoms with van der Waals surface area (Å²) in [5.74, 6) is -0.638. The van der Waals surface area contributed by atoms with Crippen LogP contribution in [0.5, 0.6) is 0 Å². The van der Waals surface area contributed by atoms with Gasteiger partial charge in [-0.3, -0.25) is 9.59 Å². The van der Waals surface area contributed by atoms with Gasteiger partial charge in [0.05, 0.1) is 13.1 Å². The summed E-state index contributed by atoms with van der Waals surface area (Å²) in [7, 11) is 0. The van der Waals surface area contributed by atoms with Crippen molar-refractivity contribution in [1.82, 2.24) is 5.32 Å². The maximum Gasteiger partial charge on any atom is 0.243 e. The summed E-state index contributed by atoms with van der Waals surface area (Å²) in [6.07, 6.45) is 0. The number of nitrogens with one attached hydrogen (secondary N) is 2. The minimum atomic E-state index is -0.355. The summed E-state index contributed by atoms with van der Waals surface area (Å²) in [4.78, 5) is 22.3. The molecule has 0 aliphatic heterocycles. The smallest absolute Gasteiger partial charge is 0.243 e. The fourth-order valence-electron chi connectivity index (χ4n) is 1.18. The van der Waals surface area contributed by atoms with Crippen molar-refractivity contribution in [3.05, 3.63) is 28.2 Å². The van der Waals surface area contributed by atoms with Crippen molar-refractivity contribution >= 4 is 45.8 Å². The molecule has 100 valence electrons. The first kappa shape index (κ1) is 16.9. The lowest BCUT2D eigenvalue weighted by Gasteiger charge is -2.07. The van der Waals surface area contributed by atoms with Crippen LogP contribution in [0.25, 0.3) is 0 Å². The fraction of sp³-hybridized carbons (Fsp3) is 0.273. The van der Waals surface area contributed by atoms with E-state index in [9.17, 15) is 9.59 Å². The molecule has 0 bridgehead atoms. The van der Waals surface area contributed by atoms with Gasteiger partial charge in [0.1, 0.15) is 0 Å². The van der Waals surface area contributed by atoms with Gasteiger partial charge in [0, 0.05) is 10.2 Å². The fourth-order valence-corrected chi connectivity index (χ4v) is 1.43. The molecule has 1 aromatic rings. The number of hydrogen-bond donors (Lipinski definition) is 3. The van der Waals surface area contributed by atoms with Crippen LogP contribution in [0.3, 0.4) is 0 Å². The second kappa shape index (κ2) is 8.07. The average molecular weight is 337 g/mol. The van der Waals surface area contributed by atoms with Gasteiger partial charge in [0.2, 0.25) is 11.8 Å². The van der Waals surface area contributed by atoms with Crippen molar-refractivity contribution in [2.45, 2.75) is 6.92 Å². The number of rotatable bonds is 4. The Bertz CT molecular complexity index is 440. The van der Waals surface area contributed by atoms with E-state index in [0.717, 1.165) is 10.0 Å². The minimum Gasteiger partial charge on any atom is -0.346 e. The Labute approximate surface area is 120 Å². The summed E-state index contributed by atoms with van der Waals surface area (Å²) in [6, 6.07) is 5.47. The SMILES string of the molecule is Cc1cc(NC(=O)CNC(=O)CN)ccc1Br.Cl. The Hall–Kier alpha value is -1.11. The molecule has 2 amide bonds. The standard InChI is InChI=1S/C11H14BrN3O2.ClH/c1-7-4-8(2-3-9(7)12)15-11(17)6-14-10(16)5-13;/h2-4H,5-6,13H2,1H3,(H,14,16)(H,15,17);1H. The first-order chi connectivity index (χ1) is 8.02. The lowest BCUT2D eigenvalue weighted by molar-refractivity contribution is -0.123. The Morgan fingerprint density at radius 1 is 1.33 bits per heavy atom. The third-order valence-electron chi connectivity index (χ3n) is 2.07. The zero-order valence-corrected chi connectivity index (χ0v) is 12.2. The minimum absolute atomic E-state index is 0. The molecule has 18 heavy (non-hydrogen) atoms. The van der Waals surface area contributed by atoms with Gasteiger partial charge in [0.25, 0.3) is 0 Å². The summed E-state index contributed by atoms with van der Waals surface area (Å²) in [6.45, 7) is 1.73. The summed E-state index contributed by atoms with van der Waals surface area (Å²) in [5.41, 5.74) is 6.81. The van der Waals surface area contributed by atoms with Crippen molar-refractivity contribution in [3.63, 3.8) is 0 Å². The van der Waals surface area contributed by atoms with E-state index in [1.807, 2.05) is 19.1 Å². The molecule has 0 spiro atoms. The highest BCUT2D eigenvalue weighted by Crippen LogP contribution is 2.19. The van der Waals surface area contributed by atoms with E-state index in [1.54, 1.807) is 6.07 Å². The van der Waals surface area contributed by atoms with Gasteiger partial charge in [-0.15, -0.1) is 12.4 Å². The van der Waals surface area contributed by atoms with Crippen LogP contribution in [0.1, 0.15) is 5.56 Å². The Kier molecular flexibility index (Phi) is 7.58. The average Bonchev–Trinajstić information content (AvgIpc) is 2.31. The van der Waals surface area contributed by atoms with Crippen LogP contribution in [-0.2, 0) is 9.59 Å². The number of carbonyl (C=O) groups is 2. The van der Waals surface area contributed by atoms with Crippen molar-refractivity contribution in [2.24, 2.45) is 5.73 Å². The lowest BCUT2D eigenvalue weighted by Crippen LogP contribution is -2.36. The van der Waals surface area contributed by atoms with Crippen LogP contribution in [0.2, 0.25) is 0 Å². The third kappa shape index (κ3) is 5.48. The van der Waals surface area contributed by atoms with Gasteiger partial charge >= 0.3 is 0 Å². The maximum atomic E-state index is 11.5. The van der Waals surface area contributed by atoms with E-state index in [-0.39, 0.29) is 37.3 Å². The molecule has 0 saturated heterocycles. The van der Waals surface area contributed by atoms with E-state index in [1.165, 1.54) is 0 Å². The maximum absolute atomic E-state index is 11.5. The van der Waals surface area contributed by atoms with Crippen LogP contribution in [-0.4, -0.2) is 24.9 Å². The Morgan fingerprint density at radius 3 is 2.56 bits per heavy atom. The molecule has 0 heterocycles. The summed E-state index contributed by atoms with van der Waals surface area (Å²) in [5, 5.41) is 5.07. The van der Waals surface area contributed by atoms with Gasteiger partial charge in [-0.2, -0.15) is 0 Å². The molecule has 0 atom stereocenters. The number of hydrogen-bond acceptors (Lipinski definition) is 3. The zero-order chi connectivity index (χ0) is 12.8. The van der Waals surface area contributed by atoms with Gasteiger partial charge in [-0.05, 0) is 30.7 Å². The highest BCUT2D eigenvalue weighted by molar-refractivity contribution is 9.10. The van der Waals surface area contributed by atoms with Gasteiger partial charge in [-0.1, -0.05) is 15.9 Å². The van der Waals surface area contributed by atoms with Crippen molar-refractivity contribution in [3.8, 4) is 0 Å². The topological polar surface area (TPSA) is 84.2 Å². The molecule has 0 aromatic heterocycles. The second-order valence-corrected chi connectivity index (χ2v) is 4.35. The molecule has 7 heteroatoms. The van der Waals surface area contributed by atoms with Crippen LogP contribution in [0.15, 0.2) is 22.7 Å². The molecular weight excluding hydrogens is 321 g/mol. The third-order valence-corrected chi connectivity index (χ3v) is 2.96. The largest absolute Gasteiger partial charge is 0.346 e. The predicted molar refractivity (Wildman–Crippen MR) is 76.8 cm³/mol. The van der Waals surface area contributed by atoms with Gasteiger partial charge in [-0.25, -0.2) is 0 Å². The van der Waals surface area contributed by atoms with Gasteiger partial charge in [0.15, 0.2) is 0 Å².